The summed E-state index contributed by atoms with van der Waals surface area (Å²) in [6.07, 6.45) is -4.56. The van der Waals surface area contributed by atoms with Gasteiger partial charge in [-0.1, -0.05) is 0 Å². The van der Waals surface area contributed by atoms with Gasteiger partial charge >= 0.3 is 6.18 Å². The second-order valence-electron chi connectivity index (χ2n) is 5.74. The first-order valence-electron chi connectivity index (χ1n) is 7.42. The van der Waals surface area contributed by atoms with Crippen LogP contribution >= 0.6 is 11.3 Å². The minimum absolute atomic E-state index is 0.321. The summed E-state index contributed by atoms with van der Waals surface area (Å²) in [4.78, 5) is 27.5. The Bertz CT molecular complexity index is 620. The van der Waals surface area contributed by atoms with Crippen LogP contribution in [0.3, 0.4) is 0 Å². The van der Waals surface area contributed by atoms with Crippen LogP contribution in [0.5, 0.6) is 0 Å². The average Bonchev–Trinajstić information content (AvgIpc) is 2.81. The second kappa shape index (κ2) is 7.06. The van der Waals surface area contributed by atoms with E-state index in [4.69, 9.17) is 0 Å². The Labute approximate surface area is 140 Å². The fraction of sp³-hybridized carbons (Fsp3) is 0.643. The van der Waals surface area contributed by atoms with E-state index < -0.39 is 41.1 Å². The molecule has 2 atom stereocenters. The van der Waals surface area contributed by atoms with Gasteiger partial charge in [-0.25, -0.2) is 4.98 Å². The lowest BCUT2D eigenvalue weighted by Gasteiger charge is -2.28. The van der Waals surface area contributed by atoms with Crippen LogP contribution in [-0.2, 0) is 15.2 Å². The third kappa shape index (κ3) is 4.04. The molecule has 1 aromatic rings. The van der Waals surface area contributed by atoms with Crippen molar-refractivity contribution in [3.05, 3.63) is 16.1 Å². The molecule has 1 aliphatic rings. The Hall–Kier alpha value is -1.68. The number of aryl methyl sites for hydroxylation is 1. The highest BCUT2D eigenvalue weighted by Crippen LogP contribution is 2.42. The molecule has 0 saturated carbocycles. The number of hydrogen-bond donors (Lipinski definition) is 3. The van der Waals surface area contributed by atoms with E-state index >= 15 is 0 Å². The molecule has 1 aromatic heterocycles. The zero-order valence-corrected chi connectivity index (χ0v) is 13.8. The summed E-state index contributed by atoms with van der Waals surface area (Å²) in [6.45, 7) is 1.96. The number of thiazole rings is 1. The van der Waals surface area contributed by atoms with E-state index in [-0.39, 0.29) is 0 Å². The maximum atomic E-state index is 13.3. The van der Waals surface area contributed by atoms with E-state index in [9.17, 15) is 27.9 Å². The van der Waals surface area contributed by atoms with Crippen LogP contribution in [0.4, 0.5) is 13.2 Å². The summed E-state index contributed by atoms with van der Waals surface area (Å²) in [7, 11) is 0. The molecule has 0 unspecified atom stereocenters. The second-order valence-corrected chi connectivity index (χ2v) is 6.59. The third-order valence-corrected chi connectivity index (χ3v) is 4.84. The van der Waals surface area contributed by atoms with Crippen LogP contribution in [0.15, 0.2) is 5.38 Å². The Morgan fingerprint density at radius 1 is 1.50 bits per heavy atom. The number of carbonyl (C=O) groups excluding carboxylic acids is 2. The first-order chi connectivity index (χ1) is 11.1. The zero-order chi connectivity index (χ0) is 18.0. The monoisotopic (exact) mass is 365 g/mol. The molecule has 2 heterocycles. The van der Waals surface area contributed by atoms with E-state index in [1.54, 1.807) is 0 Å². The van der Waals surface area contributed by atoms with Crippen molar-refractivity contribution < 1.29 is 27.9 Å². The van der Waals surface area contributed by atoms with Crippen molar-refractivity contribution in [1.82, 2.24) is 15.6 Å². The highest BCUT2D eigenvalue weighted by molar-refractivity contribution is 7.09. The number of halogens is 3. The Morgan fingerprint density at radius 3 is 2.79 bits per heavy atom. The molecule has 0 aliphatic carbocycles. The molecule has 0 bridgehead atoms. The third-order valence-electron chi connectivity index (χ3n) is 3.73. The lowest BCUT2D eigenvalue weighted by atomic mass is 9.98. The number of aliphatic hydroxyl groups is 1. The number of rotatable bonds is 4. The van der Waals surface area contributed by atoms with Gasteiger partial charge in [0.15, 0.2) is 0 Å². The predicted octanol–water partition coefficient (Wildman–Crippen LogP) is 1.38. The van der Waals surface area contributed by atoms with Gasteiger partial charge < -0.3 is 15.7 Å². The van der Waals surface area contributed by atoms with Crippen LogP contribution in [0.25, 0.3) is 0 Å². The topological polar surface area (TPSA) is 91.3 Å². The van der Waals surface area contributed by atoms with Gasteiger partial charge in [0.25, 0.3) is 0 Å². The van der Waals surface area contributed by atoms with E-state index in [2.05, 4.69) is 15.6 Å². The summed E-state index contributed by atoms with van der Waals surface area (Å²) in [5.41, 5.74) is -3.06. The van der Waals surface area contributed by atoms with Gasteiger partial charge in [-0.3, -0.25) is 9.59 Å². The molecule has 2 amide bonds. The Morgan fingerprint density at radius 2 is 2.21 bits per heavy atom. The van der Waals surface area contributed by atoms with Gasteiger partial charge in [-0.05, 0) is 26.2 Å². The van der Waals surface area contributed by atoms with Crippen LogP contribution in [0.2, 0.25) is 0 Å². The highest BCUT2D eigenvalue weighted by atomic mass is 32.1. The van der Waals surface area contributed by atoms with Crippen LogP contribution in [0, 0.1) is 6.92 Å². The van der Waals surface area contributed by atoms with Crippen molar-refractivity contribution in [3.63, 3.8) is 0 Å². The molecular weight excluding hydrogens is 347 g/mol. The lowest BCUT2D eigenvalue weighted by molar-refractivity contribution is -0.267. The van der Waals surface area contributed by atoms with Crippen LogP contribution < -0.4 is 10.6 Å². The summed E-state index contributed by atoms with van der Waals surface area (Å²) < 4.78 is 40.0. The van der Waals surface area contributed by atoms with E-state index in [1.807, 2.05) is 0 Å². The number of amides is 2. The SMILES string of the molecule is Cc1csc([C@@](O)(CC(=O)N[C@@H]2CCCCNC2=O)C(F)(F)F)n1. The molecule has 2 rings (SSSR count). The molecule has 0 spiro atoms. The van der Waals surface area contributed by atoms with Crippen molar-refractivity contribution >= 4 is 23.2 Å². The normalized spacial score (nSPS) is 21.5. The zero-order valence-electron chi connectivity index (χ0n) is 12.9. The number of nitrogens with zero attached hydrogens (tertiary/aromatic N) is 1. The lowest BCUT2D eigenvalue weighted by Crippen LogP contribution is -2.50. The number of nitrogens with one attached hydrogen (secondary N) is 2. The number of alkyl halides is 3. The van der Waals surface area contributed by atoms with Gasteiger partial charge in [0.05, 0.1) is 6.42 Å². The van der Waals surface area contributed by atoms with Crippen molar-refractivity contribution in [2.75, 3.05) is 6.54 Å². The number of aromatic nitrogens is 1. The predicted molar refractivity (Wildman–Crippen MR) is 80.2 cm³/mol. The van der Waals surface area contributed by atoms with Gasteiger partial charge in [0, 0.05) is 17.6 Å². The maximum absolute atomic E-state index is 13.3. The van der Waals surface area contributed by atoms with E-state index in [1.165, 1.54) is 12.3 Å². The van der Waals surface area contributed by atoms with Crippen molar-refractivity contribution in [2.24, 2.45) is 0 Å². The molecule has 1 aliphatic heterocycles. The molecule has 24 heavy (non-hydrogen) atoms. The fourth-order valence-corrected chi connectivity index (χ4v) is 3.31. The average molecular weight is 365 g/mol. The Kier molecular flexibility index (Phi) is 5.49. The fourth-order valence-electron chi connectivity index (χ4n) is 2.40. The quantitative estimate of drug-likeness (QED) is 0.752. The van der Waals surface area contributed by atoms with Crippen molar-refractivity contribution in [3.8, 4) is 0 Å². The van der Waals surface area contributed by atoms with Crippen LogP contribution in [0.1, 0.15) is 36.4 Å². The summed E-state index contributed by atoms with van der Waals surface area (Å²) in [5, 5.41) is 15.7. The molecule has 6 nitrogen and oxygen atoms in total. The molecule has 1 saturated heterocycles. The summed E-state index contributed by atoms with van der Waals surface area (Å²) in [6, 6.07) is -0.893. The van der Waals surface area contributed by atoms with Gasteiger partial charge in [-0.2, -0.15) is 13.2 Å². The molecule has 1 fully saturated rings. The largest absolute Gasteiger partial charge is 0.424 e. The number of carbonyl (C=O) groups is 2. The summed E-state index contributed by atoms with van der Waals surface area (Å²) >= 11 is 0.635. The van der Waals surface area contributed by atoms with Crippen molar-refractivity contribution in [2.45, 2.75) is 50.4 Å². The van der Waals surface area contributed by atoms with Gasteiger partial charge in [0.2, 0.25) is 17.4 Å². The van der Waals surface area contributed by atoms with E-state index in [0.29, 0.717) is 36.4 Å². The maximum Gasteiger partial charge on any atom is 0.424 e. The first kappa shape index (κ1) is 18.7. The van der Waals surface area contributed by atoms with Gasteiger partial charge in [0.1, 0.15) is 11.0 Å². The molecule has 3 N–H and O–H groups in total. The molecule has 0 radical (unpaired) electrons. The standard InChI is InChI=1S/C14H18F3N3O3S/c1-8-7-24-12(19-8)13(23,14(15,16)17)6-10(21)20-9-4-2-3-5-18-11(9)22/h7,9,23H,2-6H2,1H3,(H,18,22)(H,20,21)/t9-,13+/m1/s1. The molecular formula is C14H18F3N3O3S. The van der Waals surface area contributed by atoms with Crippen molar-refractivity contribution in [1.29, 1.82) is 0 Å². The molecule has 134 valence electrons. The van der Waals surface area contributed by atoms with Gasteiger partial charge in [-0.15, -0.1) is 11.3 Å². The smallest absolute Gasteiger partial charge is 0.374 e. The first-order valence-corrected chi connectivity index (χ1v) is 8.30. The Balaban J connectivity index is 2.14. The highest BCUT2D eigenvalue weighted by Gasteiger charge is 2.58. The summed E-state index contributed by atoms with van der Waals surface area (Å²) in [5.74, 6) is -1.48. The van der Waals surface area contributed by atoms with E-state index in [0.717, 1.165) is 6.42 Å². The minimum atomic E-state index is -5.07. The minimum Gasteiger partial charge on any atom is -0.374 e. The molecule has 0 aromatic carbocycles. The molecule has 10 heteroatoms. The number of hydrogen-bond acceptors (Lipinski definition) is 5. The van der Waals surface area contributed by atoms with Crippen LogP contribution in [-0.4, -0.2) is 40.7 Å².